The SMILES string of the molecule is CC(C)(C)c1cccc2c1C1(C)CCCCC1(C)C2. The fraction of sp³-hybridized carbons (Fsp3) is 0.684. The van der Waals surface area contributed by atoms with Crippen molar-refractivity contribution in [2.75, 3.05) is 0 Å². The van der Waals surface area contributed by atoms with Crippen LogP contribution < -0.4 is 0 Å². The van der Waals surface area contributed by atoms with Crippen molar-refractivity contribution in [1.82, 2.24) is 0 Å². The molecule has 1 aromatic rings. The minimum atomic E-state index is 0.261. The Morgan fingerprint density at radius 3 is 2.37 bits per heavy atom. The lowest BCUT2D eigenvalue weighted by Crippen LogP contribution is -2.41. The fourth-order valence-electron chi connectivity index (χ4n) is 4.73. The quantitative estimate of drug-likeness (QED) is 0.584. The molecule has 2 aliphatic rings. The summed E-state index contributed by atoms with van der Waals surface area (Å²) in [5.41, 5.74) is 6.11. The van der Waals surface area contributed by atoms with E-state index < -0.39 is 0 Å². The van der Waals surface area contributed by atoms with Crippen LogP contribution in [-0.2, 0) is 17.3 Å². The average Bonchev–Trinajstić information content (AvgIpc) is 2.55. The lowest BCUT2D eigenvalue weighted by atomic mass is 9.57. The molecule has 0 heteroatoms. The Hall–Kier alpha value is -0.780. The van der Waals surface area contributed by atoms with E-state index in [9.17, 15) is 0 Å². The summed E-state index contributed by atoms with van der Waals surface area (Å²) in [6.07, 6.45) is 6.91. The first-order chi connectivity index (χ1) is 8.78. The van der Waals surface area contributed by atoms with Gasteiger partial charge in [0.25, 0.3) is 0 Å². The van der Waals surface area contributed by atoms with E-state index in [1.807, 2.05) is 0 Å². The molecule has 0 spiro atoms. The van der Waals surface area contributed by atoms with Gasteiger partial charge in [-0.2, -0.15) is 0 Å². The first-order valence-electron chi connectivity index (χ1n) is 7.91. The number of benzene rings is 1. The van der Waals surface area contributed by atoms with Crippen molar-refractivity contribution in [2.24, 2.45) is 5.41 Å². The average molecular weight is 256 g/mol. The van der Waals surface area contributed by atoms with E-state index in [1.54, 1.807) is 16.7 Å². The molecule has 0 aromatic heterocycles. The van der Waals surface area contributed by atoms with Crippen molar-refractivity contribution < 1.29 is 0 Å². The molecule has 0 N–H and O–H groups in total. The Kier molecular flexibility index (Phi) is 2.69. The van der Waals surface area contributed by atoms with Gasteiger partial charge in [-0.25, -0.2) is 0 Å². The molecule has 0 aliphatic heterocycles. The highest BCUT2D eigenvalue weighted by atomic mass is 14.6. The van der Waals surface area contributed by atoms with Crippen molar-refractivity contribution in [3.05, 3.63) is 34.9 Å². The summed E-state index contributed by atoms with van der Waals surface area (Å²) < 4.78 is 0. The highest BCUT2D eigenvalue weighted by Gasteiger charge is 2.53. The summed E-state index contributed by atoms with van der Waals surface area (Å²) in [5.74, 6) is 0. The lowest BCUT2D eigenvalue weighted by molar-refractivity contribution is 0.108. The summed E-state index contributed by atoms with van der Waals surface area (Å²) in [6, 6.07) is 7.05. The first kappa shape index (κ1) is 13.2. The van der Waals surface area contributed by atoms with E-state index in [1.165, 1.54) is 32.1 Å². The van der Waals surface area contributed by atoms with Crippen LogP contribution in [0.1, 0.15) is 77.0 Å². The smallest absolute Gasteiger partial charge is 0.00127 e. The molecule has 0 saturated heterocycles. The Bertz CT molecular complexity index is 505. The van der Waals surface area contributed by atoms with Crippen LogP contribution in [-0.4, -0.2) is 0 Å². The van der Waals surface area contributed by atoms with Crippen LogP contribution in [0.3, 0.4) is 0 Å². The predicted molar refractivity (Wildman–Crippen MR) is 82.8 cm³/mol. The fourth-order valence-corrected chi connectivity index (χ4v) is 4.73. The van der Waals surface area contributed by atoms with Gasteiger partial charge in [0.2, 0.25) is 0 Å². The van der Waals surface area contributed by atoms with Gasteiger partial charge in [-0.3, -0.25) is 0 Å². The molecule has 0 nitrogen and oxygen atoms in total. The number of rotatable bonds is 0. The first-order valence-corrected chi connectivity index (χ1v) is 7.91. The second kappa shape index (κ2) is 3.87. The van der Waals surface area contributed by atoms with E-state index in [4.69, 9.17) is 0 Å². The predicted octanol–water partition coefficient (Wildman–Crippen LogP) is 5.38. The van der Waals surface area contributed by atoms with Crippen molar-refractivity contribution >= 4 is 0 Å². The van der Waals surface area contributed by atoms with Gasteiger partial charge in [-0.15, -0.1) is 0 Å². The summed E-state index contributed by atoms with van der Waals surface area (Å²) in [4.78, 5) is 0. The molecule has 19 heavy (non-hydrogen) atoms. The summed E-state index contributed by atoms with van der Waals surface area (Å²) in [5, 5.41) is 0. The maximum Gasteiger partial charge on any atom is -0.00127 e. The lowest BCUT2D eigenvalue weighted by Gasteiger charge is -2.47. The molecule has 2 atom stereocenters. The maximum absolute atomic E-state index is 2.55. The van der Waals surface area contributed by atoms with Crippen LogP contribution in [0, 0.1) is 5.41 Å². The van der Waals surface area contributed by atoms with Crippen molar-refractivity contribution in [1.29, 1.82) is 0 Å². The van der Waals surface area contributed by atoms with Crippen LogP contribution in [0.2, 0.25) is 0 Å². The molecule has 0 bridgehead atoms. The third-order valence-corrected chi connectivity index (χ3v) is 6.08. The minimum absolute atomic E-state index is 0.261. The van der Waals surface area contributed by atoms with Gasteiger partial charge in [-0.05, 0) is 52.2 Å². The van der Waals surface area contributed by atoms with Crippen LogP contribution in [0.4, 0.5) is 0 Å². The molecule has 1 aromatic carbocycles. The van der Waals surface area contributed by atoms with Crippen molar-refractivity contribution in [3.63, 3.8) is 0 Å². The topological polar surface area (TPSA) is 0 Å². The Morgan fingerprint density at radius 1 is 1.00 bits per heavy atom. The standard InChI is InChI=1S/C19H28/c1-17(2,3)15-10-8-9-14-13-18(4)11-6-7-12-19(18,5)16(14)15/h8-10H,6-7,11-13H2,1-5H3. The van der Waals surface area contributed by atoms with Gasteiger partial charge in [0, 0.05) is 0 Å². The molecule has 2 unspecified atom stereocenters. The zero-order valence-electron chi connectivity index (χ0n) is 13.3. The van der Waals surface area contributed by atoms with Gasteiger partial charge in [-0.1, -0.05) is 65.7 Å². The van der Waals surface area contributed by atoms with Crippen LogP contribution in [0.5, 0.6) is 0 Å². The molecule has 104 valence electrons. The zero-order chi connectivity index (χ0) is 13.9. The molecular formula is C19H28. The molecule has 2 aliphatic carbocycles. The van der Waals surface area contributed by atoms with Crippen LogP contribution in [0.15, 0.2) is 18.2 Å². The van der Waals surface area contributed by atoms with Gasteiger partial charge in [0.1, 0.15) is 0 Å². The third kappa shape index (κ3) is 1.72. The van der Waals surface area contributed by atoms with E-state index in [0.717, 1.165) is 0 Å². The second-order valence-electron chi connectivity index (χ2n) is 8.37. The normalized spacial score (nSPS) is 33.9. The Labute approximate surface area is 118 Å². The zero-order valence-corrected chi connectivity index (χ0v) is 13.3. The summed E-state index contributed by atoms with van der Waals surface area (Å²) in [6.45, 7) is 12.2. The minimum Gasteiger partial charge on any atom is -0.0617 e. The number of hydrogen-bond acceptors (Lipinski definition) is 0. The molecule has 1 saturated carbocycles. The molecule has 0 radical (unpaired) electrons. The second-order valence-corrected chi connectivity index (χ2v) is 8.37. The van der Waals surface area contributed by atoms with Crippen molar-refractivity contribution in [2.45, 2.75) is 77.6 Å². The van der Waals surface area contributed by atoms with Gasteiger partial charge < -0.3 is 0 Å². The van der Waals surface area contributed by atoms with E-state index >= 15 is 0 Å². The largest absolute Gasteiger partial charge is 0.0617 e. The van der Waals surface area contributed by atoms with E-state index in [0.29, 0.717) is 10.8 Å². The van der Waals surface area contributed by atoms with E-state index in [2.05, 4.69) is 52.8 Å². The van der Waals surface area contributed by atoms with Crippen molar-refractivity contribution in [3.8, 4) is 0 Å². The van der Waals surface area contributed by atoms with Gasteiger partial charge in [0.05, 0.1) is 0 Å². The maximum atomic E-state index is 2.55. The highest BCUT2D eigenvalue weighted by molar-refractivity contribution is 5.50. The van der Waals surface area contributed by atoms with Gasteiger partial charge in [0.15, 0.2) is 0 Å². The van der Waals surface area contributed by atoms with Crippen LogP contribution in [0.25, 0.3) is 0 Å². The Balaban J connectivity index is 2.23. The Morgan fingerprint density at radius 2 is 1.68 bits per heavy atom. The van der Waals surface area contributed by atoms with E-state index in [-0.39, 0.29) is 5.41 Å². The molecule has 0 amide bonds. The molecule has 0 heterocycles. The number of fused-ring (bicyclic) bond motifs is 3. The third-order valence-electron chi connectivity index (χ3n) is 6.08. The monoisotopic (exact) mass is 256 g/mol. The molecule has 1 fully saturated rings. The van der Waals surface area contributed by atoms with Crippen LogP contribution >= 0.6 is 0 Å². The summed E-state index contributed by atoms with van der Waals surface area (Å²) in [7, 11) is 0. The van der Waals surface area contributed by atoms with Gasteiger partial charge >= 0.3 is 0 Å². The summed E-state index contributed by atoms with van der Waals surface area (Å²) >= 11 is 0. The highest BCUT2D eigenvalue weighted by Crippen LogP contribution is 2.60. The molecular weight excluding hydrogens is 228 g/mol. The number of hydrogen-bond donors (Lipinski definition) is 0. The molecule has 3 rings (SSSR count).